The Morgan fingerprint density at radius 1 is 1.47 bits per heavy atom. The third-order valence-corrected chi connectivity index (χ3v) is 3.37. The van der Waals surface area contributed by atoms with Gasteiger partial charge in [-0.1, -0.05) is 13.8 Å². The van der Waals surface area contributed by atoms with E-state index in [1.165, 1.54) is 25.1 Å². The smallest absolute Gasteiger partial charge is 0.108 e. The van der Waals surface area contributed by atoms with Gasteiger partial charge in [0.1, 0.15) is 5.82 Å². The summed E-state index contributed by atoms with van der Waals surface area (Å²) in [5.74, 6) is 1.23. The van der Waals surface area contributed by atoms with E-state index in [-0.39, 0.29) is 0 Å². The summed E-state index contributed by atoms with van der Waals surface area (Å²) in [6.07, 6.45) is 9.03. The minimum atomic E-state index is 0.627. The van der Waals surface area contributed by atoms with Crippen LogP contribution in [0.15, 0.2) is 12.4 Å². The zero-order chi connectivity index (χ0) is 10.7. The molecule has 1 fully saturated rings. The van der Waals surface area contributed by atoms with E-state index in [0.29, 0.717) is 12.1 Å². The molecule has 1 saturated carbocycles. The molecule has 2 unspecified atom stereocenters. The first-order valence-electron chi connectivity index (χ1n) is 6.11. The van der Waals surface area contributed by atoms with Crippen molar-refractivity contribution >= 4 is 0 Å². The summed E-state index contributed by atoms with van der Waals surface area (Å²) >= 11 is 0. The lowest BCUT2D eigenvalue weighted by molar-refractivity contribution is 0.390. The fourth-order valence-corrected chi connectivity index (χ4v) is 2.69. The fourth-order valence-electron chi connectivity index (χ4n) is 2.69. The van der Waals surface area contributed by atoms with Gasteiger partial charge >= 0.3 is 0 Å². The topological polar surface area (TPSA) is 29.9 Å². The number of nitrogens with zero attached hydrogens (tertiary/aromatic N) is 2. The van der Waals surface area contributed by atoms with Gasteiger partial charge in [-0.05, 0) is 25.8 Å². The summed E-state index contributed by atoms with van der Waals surface area (Å²) in [4.78, 5) is 4.41. The Hall–Kier alpha value is -0.830. The van der Waals surface area contributed by atoms with Crippen molar-refractivity contribution in [1.29, 1.82) is 0 Å². The molecular formula is C12H21N3. The molecule has 2 rings (SSSR count). The van der Waals surface area contributed by atoms with Gasteiger partial charge in [-0.2, -0.15) is 0 Å². The molecule has 1 aliphatic carbocycles. The Bertz CT molecular complexity index is 306. The van der Waals surface area contributed by atoms with Crippen molar-refractivity contribution in [1.82, 2.24) is 14.9 Å². The second kappa shape index (κ2) is 4.79. The van der Waals surface area contributed by atoms with Crippen molar-refractivity contribution in [2.45, 2.75) is 51.6 Å². The molecule has 0 bridgehead atoms. The van der Waals surface area contributed by atoms with Crippen molar-refractivity contribution in [3.8, 4) is 0 Å². The molecule has 1 aromatic rings. The van der Waals surface area contributed by atoms with Gasteiger partial charge in [0.2, 0.25) is 0 Å². The molecule has 0 aromatic carbocycles. The molecule has 0 spiro atoms. The van der Waals surface area contributed by atoms with E-state index in [1.54, 1.807) is 0 Å². The van der Waals surface area contributed by atoms with Gasteiger partial charge in [-0.15, -0.1) is 0 Å². The monoisotopic (exact) mass is 207 g/mol. The fraction of sp³-hybridized carbons (Fsp3) is 0.750. The maximum atomic E-state index is 4.41. The molecule has 1 heterocycles. The highest BCUT2D eigenvalue weighted by molar-refractivity contribution is 4.99. The average molecular weight is 207 g/mol. The number of nitrogens with one attached hydrogen (secondary N) is 1. The van der Waals surface area contributed by atoms with Crippen LogP contribution in [0.4, 0.5) is 0 Å². The third-order valence-electron chi connectivity index (χ3n) is 3.37. The van der Waals surface area contributed by atoms with Crippen LogP contribution in [0.5, 0.6) is 0 Å². The average Bonchev–Trinajstić information content (AvgIpc) is 2.84. The van der Waals surface area contributed by atoms with Crippen molar-refractivity contribution in [3.05, 3.63) is 18.2 Å². The van der Waals surface area contributed by atoms with Crippen molar-refractivity contribution in [3.63, 3.8) is 0 Å². The SMILES string of the molecule is CCNC1CCCC1n1ccnc1CC. The molecule has 0 aliphatic heterocycles. The normalized spacial score (nSPS) is 26.0. The number of hydrogen-bond donors (Lipinski definition) is 1. The lowest BCUT2D eigenvalue weighted by Crippen LogP contribution is -2.34. The summed E-state index contributed by atoms with van der Waals surface area (Å²) in [6.45, 7) is 5.43. The van der Waals surface area contributed by atoms with Crippen LogP contribution in [0.25, 0.3) is 0 Å². The Morgan fingerprint density at radius 2 is 2.33 bits per heavy atom. The van der Waals surface area contributed by atoms with Crippen LogP contribution >= 0.6 is 0 Å². The molecule has 0 amide bonds. The van der Waals surface area contributed by atoms with Crippen molar-refractivity contribution < 1.29 is 0 Å². The van der Waals surface area contributed by atoms with Crippen LogP contribution in [0.3, 0.4) is 0 Å². The van der Waals surface area contributed by atoms with Gasteiger partial charge in [0.25, 0.3) is 0 Å². The van der Waals surface area contributed by atoms with E-state index >= 15 is 0 Å². The highest BCUT2D eigenvalue weighted by Crippen LogP contribution is 2.30. The van der Waals surface area contributed by atoms with Gasteiger partial charge < -0.3 is 9.88 Å². The lowest BCUT2D eigenvalue weighted by atomic mass is 10.1. The third kappa shape index (κ3) is 2.07. The minimum absolute atomic E-state index is 0.627. The molecule has 1 N–H and O–H groups in total. The summed E-state index contributed by atoms with van der Waals surface area (Å²) in [7, 11) is 0. The number of aryl methyl sites for hydroxylation is 1. The lowest BCUT2D eigenvalue weighted by Gasteiger charge is -2.23. The molecule has 15 heavy (non-hydrogen) atoms. The van der Waals surface area contributed by atoms with E-state index in [4.69, 9.17) is 0 Å². The van der Waals surface area contributed by atoms with Gasteiger partial charge in [-0.25, -0.2) is 4.98 Å². The summed E-state index contributed by atoms with van der Waals surface area (Å²) in [5.41, 5.74) is 0. The molecule has 1 aromatic heterocycles. The predicted octanol–water partition coefficient (Wildman–Crippen LogP) is 2.15. The standard InChI is InChI=1S/C12H21N3/c1-3-12-14-8-9-15(12)11-7-5-6-10(11)13-4-2/h8-11,13H,3-7H2,1-2H3. The highest BCUT2D eigenvalue weighted by atomic mass is 15.1. The van der Waals surface area contributed by atoms with Gasteiger partial charge in [0.15, 0.2) is 0 Å². The molecular weight excluding hydrogens is 186 g/mol. The number of rotatable bonds is 4. The number of hydrogen-bond acceptors (Lipinski definition) is 2. The van der Waals surface area contributed by atoms with Crippen LogP contribution in [-0.4, -0.2) is 22.1 Å². The van der Waals surface area contributed by atoms with Crippen LogP contribution in [-0.2, 0) is 6.42 Å². The van der Waals surface area contributed by atoms with Crippen LogP contribution in [0, 0.1) is 0 Å². The first-order valence-corrected chi connectivity index (χ1v) is 6.11. The number of aromatic nitrogens is 2. The molecule has 0 radical (unpaired) electrons. The second-order valence-electron chi connectivity index (χ2n) is 4.27. The maximum Gasteiger partial charge on any atom is 0.108 e. The second-order valence-corrected chi connectivity index (χ2v) is 4.27. The van der Waals surface area contributed by atoms with Crippen molar-refractivity contribution in [2.75, 3.05) is 6.54 Å². The van der Waals surface area contributed by atoms with Gasteiger partial charge in [0, 0.05) is 24.9 Å². The maximum absolute atomic E-state index is 4.41. The van der Waals surface area contributed by atoms with E-state index in [2.05, 4.69) is 34.9 Å². The predicted molar refractivity (Wildman–Crippen MR) is 62.0 cm³/mol. The van der Waals surface area contributed by atoms with E-state index in [9.17, 15) is 0 Å². The Morgan fingerprint density at radius 3 is 3.07 bits per heavy atom. The zero-order valence-electron chi connectivity index (χ0n) is 9.74. The van der Waals surface area contributed by atoms with Gasteiger partial charge in [0.05, 0.1) is 6.04 Å². The summed E-state index contributed by atoms with van der Waals surface area (Å²) in [5, 5.41) is 3.59. The molecule has 84 valence electrons. The van der Waals surface area contributed by atoms with Crippen LogP contribution in [0.1, 0.15) is 45.0 Å². The Kier molecular flexibility index (Phi) is 3.41. The molecule has 2 atom stereocenters. The molecule has 3 heteroatoms. The van der Waals surface area contributed by atoms with Gasteiger partial charge in [-0.3, -0.25) is 0 Å². The molecule has 0 saturated heterocycles. The first kappa shape index (κ1) is 10.7. The van der Waals surface area contributed by atoms with Crippen LogP contribution < -0.4 is 5.32 Å². The summed E-state index contributed by atoms with van der Waals surface area (Å²) < 4.78 is 2.38. The van der Waals surface area contributed by atoms with Crippen molar-refractivity contribution in [2.24, 2.45) is 0 Å². The number of imidazole rings is 1. The van der Waals surface area contributed by atoms with E-state index in [0.717, 1.165) is 13.0 Å². The molecule has 3 nitrogen and oxygen atoms in total. The first-order chi connectivity index (χ1) is 7.36. The van der Waals surface area contributed by atoms with E-state index in [1.807, 2.05) is 6.20 Å². The molecule has 1 aliphatic rings. The summed E-state index contributed by atoms with van der Waals surface area (Å²) in [6, 6.07) is 1.27. The van der Waals surface area contributed by atoms with E-state index < -0.39 is 0 Å². The van der Waals surface area contributed by atoms with Crippen LogP contribution in [0.2, 0.25) is 0 Å². The highest BCUT2D eigenvalue weighted by Gasteiger charge is 2.28. The zero-order valence-corrected chi connectivity index (χ0v) is 9.74. The Balaban J connectivity index is 2.15. The quantitative estimate of drug-likeness (QED) is 0.820. The minimum Gasteiger partial charge on any atom is -0.330 e. The Labute approximate surface area is 91.9 Å². The largest absolute Gasteiger partial charge is 0.330 e. The number of likely N-dealkylation sites (N-methyl/N-ethyl adjacent to an activating group) is 1.